The number of carbonyl (C=O) groups is 2. The van der Waals surface area contributed by atoms with Gasteiger partial charge in [-0.1, -0.05) is 6.07 Å². The molecule has 2 rings (SSSR count). The number of nitrogens with two attached hydrogens (primary N) is 1. The second-order valence-corrected chi connectivity index (χ2v) is 5.43. The number of nitrogens with one attached hydrogen (secondary N) is 1. The largest absolute Gasteiger partial charge is 0.383 e. The second-order valence-electron chi connectivity index (χ2n) is 5.43. The highest BCUT2D eigenvalue weighted by Crippen LogP contribution is 2.21. The van der Waals surface area contributed by atoms with Crippen molar-refractivity contribution in [2.45, 2.75) is 13.0 Å². The van der Waals surface area contributed by atoms with E-state index in [1.54, 1.807) is 23.1 Å². The molecule has 7 nitrogen and oxygen atoms in total. The number of carbonyl (C=O) groups excluding carboxylic acids is 2. The Balaban J connectivity index is 2.14. The van der Waals surface area contributed by atoms with E-state index < -0.39 is 6.04 Å². The van der Waals surface area contributed by atoms with Gasteiger partial charge in [-0.15, -0.1) is 0 Å². The minimum absolute atomic E-state index is 0.0527. The predicted octanol–water partition coefficient (Wildman–Crippen LogP) is 0.380. The van der Waals surface area contributed by atoms with E-state index in [0.29, 0.717) is 37.6 Å². The van der Waals surface area contributed by atoms with Crippen LogP contribution in [0.4, 0.5) is 5.69 Å². The van der Waals surface area contributed by atoms with Gasteiger partial charge in [-0.2, -0.15) is 0 Å². The van der Waals surface area contributed by atoms with Crippen molar-refractivity contribution in [3.63, 3.8) is 0 Å². The lowest BCUT2D eigenvalue weighted by Gasteiger charge is -2.27. The molecule has 0 radical (unpaired) electrons. The average molecular weight is 321 g/mol. The van der Waals surface area contributed by atoms with Crippen molar-refractivity contribution in [3.8, 4) is 0 Å². The smallest absolute Gasteiger partial charge is 0.254 e. The minimum atomic E-state index is -0.752. The van der Waals surface area contributed by atoms with Gasteiger partial charge in [0.1, 0.15) is 6.04 Å². The van der Waals surface area contributed by atoms with Gasteiger partial charge < -0.3 is 25.4 Å². The number of nitrogens with zero attached hydrogens (tertiary/aromatic N) is 1. The Hall–Kier alpha value is -1.96. The van der Waals surface area contributed by atoms with Crippen LogP contribution in [0.15, 0.2) is 18.2 Å². The van der Waals surface area contributed by atoms with Crippen LogP contribution in [-0.2, 0) is 14.3 Å². The molecule has 23 heavy (non-hydrogen) atoms. The molecule has 1 fully saturated rings. The lowest BCUT2D eigenvalue weighted by Crippen LogP contribution is -2.41. The van der Waals surface area contributed by atoms with Crippen molar-refractivity contribution in [3.05, 3.63) is 29.3 Å². The average Bonchev–Trinajstić information content (AvgIpc) is 2.57. The first kappa shape index (κ1) is 17.4. The van der Waals surface area contributed by atoms with Crippen LogP contribution in [0.3, 0.4) is 0 Å². The summed E-state index contributed by atoms with van der Waals surface area (Å²) in [5, 5.41) is 2.75. The maximum Gasteiger partial charge on any atom is 0.254 e. The first-order valence-electron chi connectivity index (χ1n) is 7.56. The Bertz CT molecular complexity index is 570. The molecule has 0 aromatic heterocycles. The normalized spacial score (nSPS) is 16.0. The van der Waals surface area contributed by atoms with Crippen LogP contribution in [0.25, 0.3) is 0 Å². The van der Waals surface area contributed by atoms with Crippen LogP contribution in [-0.4, -0.2) is 62.8 Å². The van der Waals surface area contributed by atoms with Crippen molar-refractivity contribution in [1.82, 2.24) is 4.90 Å². The lowest BCUT2D eigenvalue weighted by atomic mass is 10.0. The number of hydrogen-bond donors (Lipinski definition) is 2. The highest BCUT2D eigenvalue weighted by molar-refractivity contribution is 6.00. The third-order valence-electron chi connectivity index (χ3n) is 3.80. The molecule has 1 aliphatic heterocycles. The summed E-state index contributed by atoms with van der Waals surface area (Å²) in [6, 6.07) is 4.51. The van der Waals surface area contributed by atoms with E-state index in [2.05, 4.69) is 5.32 Å². The summed E-state index contributed by atoms with van der Waals surface area (Å²) in [5.74, 6) is -0.394. The lowest BCUT2D eigenvalue weighted by molar-refractivity contribution is -0.118. The summed E-state index contributed by atoms with van der Waals surface area (Å²) < 4.78 is 10.1. The fourth-order valence-electron chi connectivity index (χ4n) is 2.42. The van der Waals surface area contributed by atoms with Gasteiger partial charge in [-0.05, 0) is 24.6 Å². The van der Waals surface area contributed by atoms with Crippen LogP contribution in [0.2, 0.25) is 0 Å². The molecule has 1 aromatic rings. The number of morpholine rings is 1. The van der Waals surface area contributed by atoms with Gasteiger partial charge in [-0.3, -0.25) is 9.59 Å². The summed E-state index contributed by atoms with van der Waals surface area (Å²) in [6.45, 7) is 4.20. The van der Waals surface area contributed by atoms with Crippen molar-refractivity contribution in [2.75, 3.05) is 45.3 Å². The number of ether oxygens (including phenoxy) is 2. The quantitative estimate of drug-likeness (QED) is 0.818. The van der Waals surface area contributed by atoms with Crippen LogP contribution >= 0.6 is 0 Å². The van der Waals surface area contributed by atoms with Gasteiger partial charge in [0, 0.05) is 31.5 Å². The van der Waals surface area contributed by atoms with Gasteiger partial charge >= 0.3 is 0 Å². The molecule has 1 aliphatic rings. The van der Waals surface area contributed by atoms with Crippen molar-refractivity contribution < 1.29 is 19.1 Å². The zero-order valence-electron chi connectivity index (χ0n) is 13.5. The molecule has 1 saturated heterocycles. The van der Waals surface area contributed by atoms with Gasteiger partial charge in [0.25, 0.3) is 5.91 Å². The third kappa shape index (κ3) is 4.28. The number of benzene rings is 1. The number of hydrogen-bond acceptors (Lipinski definition) is 5. The highest BCUT2D eigenvalue weighted by atomic mass is 16.5. The SMILES string of the molecule is COCC(N)C(=O)Nc1cccc(C(=O)N2CCOCC2)c1C. The van der Waals surface area contributed by atoms with Crippen LogP contribution in [0.5, 0.6) is 0 Å². The maximum absolute atomic E-state index is 12.6. The van der Waals surface area contributed by atoms with E-state index in [1.165, 1.54) is 7.11 Å². The van der Waals surface area contributed by atoms with E-state index in [1.807, 2.05) is 6.92 Å². The van der Waals surface area contributed by atoms with Crippen LogP contribution in [0, 0.1) is 6.92 Å². The molecule has 1 atom stereocenters. The summed E-state index contributed by atoms with van der Waals surface area (Å²) in [6.07, 6.45) is 0. The first-order chi connectivity index (χ1) is 11.0. The zero-order valence-corrected chi connectivity index (χ0v) is 13.5. The summed E-state index contributed by atoms with van der Waals surface area (Å²) >= 11 is 0. The molecule has 0 bridgehead atoms. The van der Waals surface area contributed by atoms with Gasteiger partial charge in [0.15, 0.2) is 0 Å². The molecular weight excluding hydrogens is 298 g/mol. The Kier molecular flexibility index (Phi) is 6.09. The standard InChI is InChI=1S/C16H23N3O4/c1-11-12(16(21)19-6-8-23-9-7-19)4-3-5-14(11)18-15(20)13(17)10-22-2/h3-5,13H,6-10,17H2,1-2H3,(H,18,20). The van der Waals surface area contributed by atoms with Gasteiger partial charge in [0.2, 0.25) is 5.91 Å². The predicted molar refractivity (Wildman–Crippen MR) is 86.4 cm³/mol. The molecule has 0 aliphatic carbocycles. The fraction of sp³-hybridized carbons (Fsp3) is 0.500. The molecule has 1 heterocycles. The van der Waals surface area contributed by atoms with Crippen molar-refractivity contribution in [2.24, 2.45) is 5.73 Å². The van der Waals surface area contributed by atoms with E-state index in [0.717, 1.165) is 5.56 Å². The molecule has 1 aromatic carbocycles. The maximum atomic E-state index is 12.6. The molecule has 7 heteroatoms. The van der Waals surface area contributed by atoms with Gasteiger partial charge in [-0.25, -0.2) is 0 Å². The summed E-state index contributed by atoms with van der Waals surface area (Å²) in [7, 11) is 1.49. The summed E-state index contributed by atoms with van der Waals surface area (Å²) in [5.41, 5.74) is 7.60. The van der Waals surface area contributed by atoms with Crippen molar-refractivity contribution in [1.29, 1.82) is 0 Å². The molecule has 0 saturated carbocycles. The number of rotatable bonds is 5. The van der Waals surface area contributed by atoms with E-state index >= 15 is 0 Å². The molecule has 126 valence electrons. The minimum Gasteiger partial charge on any atom is -0.383 e. The van der Waals surface area contributed by atoms with Crippen molar-refractivity contribution >= 4 is 17.5 Å². The van der Waals surface area contributed by atoms with Crippen LogP contribution < -0.4 is 11.1 Å². The monoisotopic (exact) mass is 321 g/mol. The Morgan fingerprint density at radius 3 is 2.74 bits per heavy atom. The van der Waals surface area contributed by atoms with E-state index in [9.17, 15) is 9.59 Å². The Morgan fingerprint density at radius 2 is 2.09 bits per heavy atom. The molecule has 3 N–H and O–H groups in total. The number of methoxy groups -OCH3 is 1. The second kappa shape index (κ2) is 8.05. The number of anilines is 1. The van der Waals surface area contributed by atoms with E-state index in [-0.39, 0.29) is 18.4 Å². The Morgan fingerprint density at radius 1 is 1.39 bits per heavy atom. The zero-order chi connectivity index (χ0) is 16.8. The summed E-state index contributed by atoms with van der Waals surface area (Å²) in [4.78, 5) is 26.4. The third-order valence-corrected chi connectivity index (χ3v) is 3.80. The molecule has 2 amide bonds. The highest BCUT2D eigenvalue weighted by Gasteiger charge is 2.22. The molecule has 0 spiro atoms. The Labute approximate surface area is 135 Å². The first-order valence-corrected chi connectivity index (χ1v) is 7.56. The molecule has 1 unspecified atom stereocenters. The van der Waals surface area contributed by atoms with Crippen LogP contribution in [0.1, 0.15) is 15.9 Å². The number of amides is 2. The molecular formula is C16H23N3O4. The topological polar surface area (TPSA) is 93.9 Å². The van der Waals surface area contributed by atoms with E-state index in [4.69, 9.17) is 15.2 Å². The fourth-order valence-corrected chi connectivity index (χ4v) is 2.42. The van der Waals surface area contributed by atoms with Gasteiger partial charge in [0.05, 0.1) is 19.8 Å².